The van der Waals surface area contributed by atoms with E-state index < -0.39 is 0 Å². The van der Waals surface area contributed by atoms with Gasteiger partial charge in [0.05, 0.1) is 16.8 Å². The molecular formula is C27H26N4O3S. The van der Waals surface area contributed by atoms with Gasteiger partial charge in [-0.25, -0.2) is 4.98 Å². The number of aromatic nitrogens is 1. The smallest absolute Gasteiger partial charge is 0.257 e. The Kier molecular flexibility index (Phi) is 6.74. The number of benzene rings is 2. The van der Waals surface area contributed by atoms with Crippen LogP contribution in [0.15, 0.2) is 66.2 Å². The molecule has 0 aliphatic carbocycles. The number of anilines is 3. The molecule has 8 heteroatoms. The molecule has 1 aliphatic rings. The normalized spacial score (nSPS) is 14.0. The van der Waals surface area contributed by atoms with Crippen molar-refractivity contribution in [3.63, 3.8) is 0 Å². The second-order valence-corrected chi connectivity index (χ2v) is 9.43. The van der Waals surface area contributed by atoms with Crippen LogP contribution in [0.1, 0.15) is 39.1 Å². The highest BCUT2D eigenvalue weighted by Crippen LogP contribution is 2.30. The van der Waals surface area contributed by atoms with Crippen molar-refractivity contribution in [2.24, 2.45) is 0 Å². The van der Waals surface area contributed by atoms with Gasteiger partial charge in [0.15, 0.2) is 5.82 Å². The number of para-hydroxylation sites is 1. The minimum Gasteiger partial charge on any atom is -0.381 e. The SMILES string of the molecule is Cc1ccccc1Nc1ncc(C(=O)NC2CCOCC2)cc1NC(=O)c1csc2ccccc12. The number of carbonyl (C=O) groups excluding carboxylic acids is 2. The molecule has 7 nitrogen and oxygen atoms in total. The second kappa shape index (κ2) is 10.2. The third kappa shape index (κ3) is 5.18. The van der Waals surface area contributed by atoms with Crippen LogP contribution in [0.4, 0.5) is 17.2 Å². The van der Waals surface area contributed by atoms with E-state index in [1.54, 1.807) is 6.07 Å². The number of hydrogen-bond donors (Lipinski definition) is 3. The zero-order chi connectivity index (χ0) is 24.2. The summed E-state index contributed by atoms with van der Waals surface area (Å²) in [4.78, 5) is 30.8. The summed E-state index contributed by atoms with van der Waals surface area (Å²) in [6, 6.07) is 17.4. The van der Waals surface area contributed by atoms with Gasteiger partial charge < -0.3 is 20.7 Å². The molecule has 3 heterocycles. The molecule has 3 N–H and O–H groups in total. The number of nitrogens with one attached hydrogen (secondary N) is 3. The molecule has 2 amide bonds. The summed E-state index contributed by atoms with van der Waals surface area (Å²) >= 11 is 1.52. The Balaban J connectivity index is 1.45. The number of rotatable bonds is 6. The predicted octanol–water partition coefficient (Wildman–Crippen LogP) is 5.51. The fourth-order valence-electron chi connectivity index (χ4n) is 4.08. The molecule has 2 aromatic heterocycles. The van der Waals surface area contributed by atoms with Gasteiger partial charge in [-0.05, 0) is 43.5 Å². The van der Waals surface area contributed by atoms with E-state index in [9.17, 15) is 9.59 Å². The third-order valence-corrected chi connectivity index (χ3v) is 7.04. The maximum absolute atomic E-state index is 13.3. The van der Waals surface area contributed by atoms with Crippen molar-refractivity contribution in [3.8, 4) is 0 Å². The number of aryl methyl sites for hydroxylation is 1. The van der Waals surface area contributed by atoms with Crippen molar-refractivity contribution < 1.29 is 14.3 Å². The zero-order valence-corrected chi connectivity index (χ0v) is 20.2. The lowest BCUT2D eigenvalue weighted by Crippen LogP contribution is -2.39. The summed E-state index contributed by atoms with van der Waals surface area (Å²) < 4.78 is 6.42. The summed E-state index contributed by atoms with van der Waals surface area (Å²) in [6.45, 7) is 3.27. The van der Waals surface area contributed by atoms with E-state index in [0.29, 0.717) is 35.8 Å². The van der Waals surface area contributed by atoms with Crippen LogP contribution >= 0.6 is 11.3 Å². The molecule has 1 aliphatic heterocycles. The molecule has 0 bridgehead atoms. The first kappa shape index (κ1) is 23.0. The molecule has 35 heavy (non-hydrogen) atoms. The average Bonchev–Trinajstić information content (AvgIpc) is 3.31. The van der Waals surface area contributed by atoms with Gasteiger partial charge in [-0.3, -0.25) is 9.59 Å². The Morgan fingerprint density at radius 1 is 1.00 bits per heavy atom. The Morgan fingerprint density at radius 3 is 2.60 bits per heavy atom. The first-order chi connectivity index (χ1) is 17.1. The van der Waals surface area contributed by atoms with E-state index in [1.807, 2.05) is 60.8 Å². The highest BCUT2D eigenvalue weighted by molar-refractivity contribution is 7.17. The van der Waals surface area contributed by atoms with Crippen molar-refractivity contribution in [1.29, 1.82) is 0 Å². The largest absolute Gasteiger partial charge is 0.381 e. The third-order valence-electron chi connectivity index (χ3n) is 6.08. The number of carbonyl (C=O) groups is 2. The van der Waals surface area contributed by atoms with Gasteiger partial charge in [0, 0.05) is 46.6 Å². The average molecular weight is 487 g/mol. The monoisotopic (exact) mass is 486 g/mol. The van der Waals surface area contributed by atoms with Crippen molar-refractivity contribution in [1.82, 2.24) is 10.3 Å². The molecular weight excluding hydrogens is 460 g/mol. The van der Waals surface area contributed by atoms with E-state index >= 15 is 0 Å². The number of ether oxygens (including phenoxy) is 1. The number of amides is 2. The van der Waals surface area contributed by atoms with Crippen molar-refractivity contribution in [2.45, 2.75) is 25.8 Å². The molecule has 1 fully saturated rings. The molecule has 2 aromatic carbocycles. The van der Waals surface area contributed by atoms with Gasteiger partial charge in [0.1, 0.15) is 0 Å². The van der Waals surface area contributed by atoms with Gasteiger partial charge in [0.25, 0.3) is 11.8 Å². The minimum atomic E-state index is -0.251. The summed E-state index contributed by atoms with van der Waals surface area (Å²) in [6.07, 6.45) is 3.09. The lowest BCUT2D eigenvalue weighted by atomic mass is 10.1. The van der Waals surface area contributed by atoms with Crippen LogP contribution in [-0.2, 0) is 4.74 Å². The summed E-state index contributed by atoms with van der Waals surface area (Å²) in [5.74, 6) is -0.00260. The Morgan fingerprint density at radius 2 is 1.77 bits per heavy atom. The molecule has 4 aromatic rings. The lowest BCUT2D eigenvalue weighted by Gasteiger charge is -2.23. The van der Waals surface area contributed by atoms with Crippen LogP contribution in [-0.4, -0.2) is 36.1 Å². The van der Waals surface area contributed by atoms with Crippen LogP contribution in [0.25, 0.3) is 10.1 Å². The van der Waals surface area contributed by atoms with Crippen molar-refractivity contribution >= 4 is 50.4 Å². The van der Waals surface area contributed by atoms with Crippen molar-refractivity contribution in [3.05, 3.63) is 82.9 Å². The maximum atomic E-state index is 13.3. The van der Waals surface area contributed by atoms with E-state index in [1.165, 1.54) is 17.5 Å². The van der Waals surface area contributed by atoms with Gasteiger partial charge in [0.2, 0.25) is 0 Å². The molecule has 0 unspecified atom stereocenters. The van der Waals surface area contributed by atoms with Gasteiger partial charge >= 0.3 is 0 Å². The summed E-state index contributed by atoms with van der Waals surface area (Å²) in [5.41, 5.74) is 3.32. The predicted molar refractivity (Wildman–Crippen MR) is 140 cm³/mol. The minimum absolute atomic E-state index is 0.0660. The number of pyridine rings is 1. The van der Waals surface area contributed by atoms with Gasteiger partial charge in [-0.15, -0.1) is 11.3 Å². The fourth-order valence-corrected chi connectivity index (χ4v) is 5.02. The van der Waals surface area contributed by atoms with Crippen molar-refractivity contribution in [2.75, 3.05) is 23.8 Å². The number of thiophene rings is 1. The Hall–Kier alpha value is -3.75. The molecule has 5 rings (SSSR count). The van der Waals surface area contributed by atoms with Crippen LogP contribution in [0.2, 0.25) is 0 Å². The van der Waals surface area contributed by atoms with E-state index in [0.717, 1.165) is 34.2 Å². The number of hydrogen-bond acceptors (Lipinski definition) is 6. The Bertz CT molecular complexity index is 1380. The lowest BCUT2D eigenvalue weighted by molar-refractivity contribution is 0.0696. The first-order valence-corrected chi connectivity index (χ1v) is 12.5. The van der Waals surface area contributed by atoms with E-state index in [4.69, 9.17) is 4.74 Å². The molecule has 0 spiro atoms. The Labute approximate surface area is 207 Å². The number of nitrogens with zero attached hydrogens (tertiary/aromatic N) is 1. The molecule has 178 valence electrons. The molecule has 0 radical (unpaired) electrons. The highest BCUT2D eigenvalue weighted by Gasteiger charge is 2.20. The maximum Gasteiger partial charge on any atom is 0.257 e. The first-order valence-electron chi connectivity index (χ1n) is 11.6. The topological polar surface area (TPSA) is 92.3 Å². The molecule has 0 saturated carbocycles. The fraction of sp³-hybridized carbons (Fsp3) is 0.222. The van der Waals surface area contributed by atoms with Gasteiger partial charge in [-0.2, -0.15) is 0 Å². The standard InChI is InChI=1S/C27H26N4O3S/c1-17-6-2-4-8-22(17)30-25-23(31-27(33)21-16-35-24-9-5-3-7-20(21)24)14-18(15-28-25)26(32)29-19-10-12-34-13-11-19/h2-9,14-16,19H,10-13H2,1H3,(H,28,30)(H,29,32)(H,31,33). The summed E-state index contributed by atoms with van der Waals surface area (Å²) in [5, 5.41) is 12.1. The highest BCUT2D eigenvalue weighted by atomic mass is 32.1. The van der Waals surface area contributed by atoms with Crippen LogP contribution in [0.3, 0.4) is 0 Å². The van der Waals surface area contributed by atoms with Crippen LogP contribution < -0.4 is 16.0 Å². The summed E-state index contributed by atoms with van der Waals surface area (Å²) in [7, 11) is 0. The van der Waals surface area contributed by atoms with Gasteiger partial charge in [-0.1, -0.05) is 36.4 Å². The second-order valence-electron chi connectivity index (χ2n) is 8.52. The number of fused-ring (bicyclic) bond motifs is 1. The van der Waals surface area contributed by atoms with Crippen LogP contribution in [0.5, 0.6) is 0 Å². The quantitative estimate of drug-likeness (QED) is 0.334. The van der Waals surface area contributed by atoms with E-state index in [2.05, 4.69) is 20.9 Å². The van der Waals surface area contributed by atoms with Crippen LogP contribution in [0, 0.1) is 6.92 Å². The zero-order valence-electron chi connectivity index (χ0n) is 19.3. The molecule has 1 saturated heterocycles. The van der Waals surface area contributed by atoms with E-state index in [-0.39, 0.29) is 17.9 Å². The molecule has 0 atom stereocenters.